The zero-order chi connectivity index (χ0) is 13.0. The summed E-state index contributed by atoms with van der Waals surface area (Å²) < 4.78 is 0. The normalized spacial score (nSPS) is 10.3. The largest absolute Gasteiger partial charge is 0.396 e. The van der Waals surface area contributed by atoms with Crippen LogP contribution >= 0.6 is 11.6 Å². The summed E-state index contributed by atoms with van der Waals surface area (Å²) in [5.41, 5.74) is 8.68. The molecule has 3 nitrogen and oxygen atoms in total. The molecule has 0 atom stereocenters. The minimum absolute atomic E-state index is 0.538. The number of aryl methyl sites for hydroxylation is 1. The SMILES string of the molecule is CCCc1ccc(Nc2ncc(Cl)cc2N)cc1. The van der Waals surface area contributed by atoms with Gasteiger partial charge in [0.1, 0.15) is 0 Å². The molecule has 0 amide bonds. The van der Waals surface area contributed by atoms with Gasteiger partial charge in [-0.2, -0.15) is 0 Å². The van der Waals surface area contributed by atoms with Crippen LogP contribution < -0.4 is 11.1 Å². The average molecular weight is 262 g/mol. The molecule has 0 aliphatic rings. The van der Waals surface area contributed by atoms with E-state index in [1.54, 1.807) is 12.3 Å². The number of nitrogens with zero attached hydrogens (tertiary/aromatic N) is 1. The molecule has 0 fully saturated rings. The summed E-state index contributed by atoms with van der Waals surface area (Å²) in [7, 11) is 0. The number of halogens is 1. The van der Waals surface area contributed by atoms with Crippen LogP contribution in [0.1, 0.15) is 18.9 Å². The predicted molar refractivity (Wildman–Crippen MR) is 77.4 cm³/mol. The Balaban J connectivity index is 2.13. The molecule has 0 unspecified atom stereocenters. The van der Waals surface area contributed by atoms with Gasteiger partial charge in [-0.1, -0.05) is 37.1 Å². The summed E-state index contributed by atoms with van der Waals surface area (Å²) in [4.78, 5) is 4.16. The monoisotopic (exact) mass is 261 g/mol. The Hall–Kier alpha value is -1.74. The number of hydrogen-bond acceptors (Lipinski definition) is 3. The van der Waals surface area contributed by atoms with Crippen molar-refractivity contribution in [3.63, 3.8) is 0 Å². The highest BCUT2D eigenvalue weighted by atomic mass is 35.5. The molecule has 4 heteroatoms. The van der Waals surface area contributed by atoms with Crippen LogP contribution in [0, 0.1) is 0 Å². The molecule has 94 valence electrons. The smallest absolute Gasteiger partial charge is 0.153 e. The first-order chi connectivity index (χ1) is 8.69. The molecule has 2 aromatic rings. The van der Waals surface area contributed by atoms with Crippen molar-refractivity contribution in [2.75, 3.05) is 11.1 Å². The molecule has 0 bridgehead atoms. The van der Waals surface area contributed by atoms with Gasteiger partial charge in [0, 0.05) is 11.9 Å². The topological polar surface area (TPSA) is 50.9 Å². The Labute approximate surface area is 112 Å². The number of anilines is 3. The first kappa shape index (κ1) is 12.7. The lowest BCUT2D eigenvalue weighted by Gasteiger charge is -2.09. The summed E-state index contributed by atoms with van der Waals surface area (Å²) in [6, 6.07) is 9.96. The number of aromatic nitrogens is 1. The zero-order valence-corrected chi connectivity index (χ0v) is 11.0. The molecule has 18 heavy (non-hydrogen) atoms. The Morgan fingerprint density at radius 1 is 1.28 bits per heavy atom. The summed E-state index contributed by atoms with van der Waals surface area (Å²) in [5, 5.41) is 3.71. The van der Waals surface area contributed by atoms with E-state index in [2.05, 4.69) is 29.4 Å². The average Bonchev–Trinajstić information content (AvgIpc) is 2.35. The van der Waals surface area contributed by atoms with Crippen molar-refractivity contribution in [3.8, 4) is 0 Å². The highest BCUT2D eigenvalue weighted by Crippen LogP contribution is 2.23. The van der Waals surface area contributed by atoms with Crippen LogP contribution in [0.5, 0.6) is 0 Å². The number of benzene rings is 1. The number of nitrogens with two attached hydrogens (primary N) is 1. The van der Waals surface area contributed by atoms with Crippen molar-refractivity contribution in [2.45, 2.75) is 19.8 Å². The number of pyridine rings is 1. The Bertz CT molecular complexity index is 523. The predicted octanol–water partition coefficient (Wildman–Crippen LogP) is 4.01. The van der Waals surface area contributed by atoms with E-state index in [1.165, 1.54) is 5.56 Å². The fraction of sp³-hybridized carbons (Fsp3) is 0.214. The molecular formula is C14H16ClN3. The van der Waals surface area contributed by atoms with Gasteiger partial charge in [-0.25, -0.2) is 4.98 Å². The number of nitrogen functional groups attached to an aromatic ring is 1. The molecule has 0 spiro atoms. The minimum atomic E-state index is 0.538. The maximum Gasteiger partial charge on any atom is 0.153 e. The van der Waals surface area contributed by atoms with Gasteiger partial charge in [-0.3, -0.25) is 0 Å². The van der Waals surface area contributed by atoms with E-state index in [9.17, 15) is 0 Å². The first-order valence-corrected chi connectivity index (χ1v) is 6.34. The molecule has 1 heterocycles. The van der Waals surface area contributed by atoms with E-state index < -0.39 is 0 Å². The zero-order valence-electron chi connectivity index (χ0n) is 10.3. The Kier molecular flexibility index (Phi) is 4.05. The van der Waals surface area contributed by atoms with Crippen LogP contribution in [0.15, 0.2) is 36.5 Å². The van der Waals surface area contributed by atoms with Gasteiger partial charge in [-0.15, -0.1) is 0 Å². The molecule has 0 radical (unpaired) electrons. The molecule has 1 aromatic heterocycles. The van der Waals surface area contributed by atoms with Crippen LogP contribution in [0.25, 0.3) is 0 Å². The third-order valence-electron chi connectivity index (χ3n) is 2.64. The third kappa shape index (κ3) is 3.14. The number of hydrogen-bond donors (Lipinski definition) is 2. The molecule has 3 N–H and O–H groups in total. The summed E-state index contributed by atoms with van der Waals surface area (Å²) in [6.45, 7) is 2.17. The summed E-state index contributed by atoms with van der Waals surface area (Å²) in [6.07, 6.45) is 3.83. The van der Waals surface area contributed by atoms with E-state index in [1.807, 2.05) is 12.1 Å². The van der Waals surface area contributed by atoms with Gasteiger partial charge in [-0.05, 0) is 30.2 Å². The van der Waals surface area contributed by atoms with Gasteiger partial charge >= 0.3 is 0 Å². The molecule has 2 rings (SSSR count). The lowest BCUT2D eigenvalue weighted by Crippen LogP contribution is -1.99. The highest BCUT2D eigenvalue weighted by Gasteiger charge is 2.02. The van der Waals surface area contributed by atoms with Crippen LogP contribution in [0.4, 0.5) is 17.2 Å². The third-order valence-corrected chi connectivity index (χ3v) is 2.85. The van der Waals surface area contributed by atoms with Crippen molar-refractivity contribution in [1.82, 2.24) is 4.98 Å². The van der Waals surface area contributed by atoms with Crippen LogP contribution in [0.3, 0.4) is 0 Å². The fourth-order valence-corrected chi connectivity index (χ4v) is 1.91. The van der Waals surface area contributed by atoms with Crippen LogP contribution in [0.2, 0.25) is 5.02 Å². The highest BCUT2D eigenvalue weighted by molar-refractivity contribution is 6.30. The van der Waals surface area contributed by atoms with Gasteiger partial charge in [0.25, 0.3) is 0 Å². The van der Waals surface area contributed by atoms with Crippen molar-refractivity contribution in [3.05, 3.63) is 47.1 Å². The molecular weight excluding hydrogens is 246 g/mol. The van der Waals surface area contributed by atoms with E-state index >= 15 is 0 Å². The van der Waals surface area contributed by atoms with Crippen LogP contribution in [-0.4, -0.2) is 4.98 Å². The van der Waals surface area contributed by atoms with Crippen molar-refractivity contribution in [2.24, 2.45) is 0 Å². The van der Waals surface area contributed by atoms with Crippen LogP contribution in [-0.2, 0) is 6.42 Å². The fourth-order valence-electron chi connectivity index (χ4n) is 1.74. The second-order valence-electron chi connectivity index (χ2n) is 4.16. The standard InChI is InChI=1S/C14H16ClN3/c1-2-3-10-4-6-12(7-5-10)18-14-13(16)8-11(15)9-17-14/h4-9H,2-3,16H2,1H3,(H,17,18). The first-order valence-electron chi connectivity index (χ1n) is 5.96. The van der Waals surface area contributed by atoms with Gasteiger partial charge in [0.05, 0.1) is 10.7 Å². The second-order valence-corrected chi connectivity index (χ2v) is 4.60. The second kappa shape index (κ2) is 5.74. The lowest BCUT2D eigenvalue weighted by molar-refractivity contribution is 0.922. The molecule has 1 aromatic carbocycles. The maximum atomic E-state index is 5.84. The summed E-state index contributed by atoms with van der Waals surface area (Å²) in [5.74, 6) is 0.627. The molecule has 0 aliphatic carbocycles. The minimum Gasteiger partial charge on any atom is -0.396 e. The lowest BCUT2D eigenvalue weighted by atomic mass is 10.1. The van der Waals surface area contributed by atoms with E-state index in [0.29, 0.717) is 16.5 Å². The van der Waals surface area contributed by atoms with E-state index in [4.69, 9.17) is 17.3 Å². The van der Waals surface area contributed by atoms with Crippen molar-refractivity contribution < 1.29 is 0 Å². The van der Waals surface area contributed by atoms with Crippen molar-refractivity contribution in [1.29, 1.82) is 0 Å². The van der Waals surface area contributed by atoms with Gasteiger partial charge in [0.2, 0.25) is 0 Å². The molecule has 0 aliphatic heterocycles. The van der Waals surface area contributed by atoms with Crippen molar-refractivity contribution >= 4 is 28.8 Å². The Morgan fingerprint density at radius 3 is 2.61 bits per heavy atom. The van der Waals surface area contributed by atoms with E-state index in [-0.39, 0.29) is 0 Å². The number of rotatable bonds is 4. The Morgan fingerprint density at radius 2 is 2.00 bits per heavy atom. The van der Waals surface area contributed by atoms with E-state index in [0.717, 1.165) is 18.5 Å². The number of nitrogens with one attached hydrogen (secondary N) is 1. The van der Waals surface area contributed by atoms with Gasteiger partial charge in [0.15, 0.2) is 5.82 Å². The maximum absolute atomic E-state index is 5.84. The summed E-state index contributed by atoms with van der Waals surface area (Å²) >= 11 is 5.81. The quantitative estimate of drug-likeness (QED) is 0.874. The molecule has 0 saturated carbocycles. The van der Waals surface area contributed by atoms with Gasteiger partial charge < -0.3 is 11.1 Å². The molecule has 0 saturated heterocycles.